The van der Waals surface area contributed by atoms with Crippen molar-refractivity contribution in [1.82, 2.24) is 29.0 Å². The van der Waals surface area contributed by atoms with Crippen molar-refractivity contribution in [2.45, 2.75) is 24.9 Å². The van der Waals surface area contributed by atoms with Crippen LogP contribution in [0.15, 0.2) is 37.1 Å². The quantitative estimate of drug-likeness (QED) is 0.584. The molecule has 1 fully saturated rings. The van der Waals surface area contributed by atoms with E-state index in [1.54, 1.807) is 16.8 Å². The Bertz CT molecular complexity index is 1080. The Morgan fingerprint density at radius 1 is 1.16 bits per heavy atom. The van der Waals surface area contributed by atoms with E-state index in [-0.39, 0.29) is 6.04 Å². The molecule has 0 unspecified atom stereocenters. The van der Waals surface area contributed by atoms with E-state index in [0.29, 0.717) is 22.9 Å². The number of halogens is 1. The van der Waals surface area contributed by atoms with Crippen LogP contribution in [-0.2, 0) is 0 Å². The molecule has 126 valence electrons. The van der Waals surface area contributed by atoms with Crippen LogP contribution in [-0.4, -0.2) is 41.1 Å². The Labute approximate surface area is 147 Å². The fraction of sp³-hybridized carbons (Fsp3) is 0.250. The zero-order valence-electron chi connectivity index (χ0n) is 13.2. The predicted molar refractivity (Wildman–Crippen MR) is 94.6 cm³/mol. The molecule has 4 aromatic heterocycles. The van der Waals surface area contributed by atoms with Crippen molar-refractivity contribution in [1.29, 1.82) is 0 Å². The monoisotopic (exact) mass is 354 g/mol. The normalized spacial score (nSPS) is 20.1. The number of fused-ring (bicyclic) bond motifs is 2. The van der Waals surface area contributed by atoms with Crippen LogP contribution >= 0.6 is 11.6 Å². The Hall–Kier alpha value is -2.71. The Kier molecular flexibility index (Phi) is 3.16. The molecule has 0 spiro atoms. The third-order valence-corrected chi connectivity index (χ3v) is 4.83. The van der Waals surface area contributed by atoms with Gasteiger partial charge in [-0.2, -0.15) is 0 Å². The van der Waals surface area contributed by atoms with Crippen LogP contribution in [0.1, 0.15) is 12.8 Å². The second-order valence-electron chi connectivity index (χ2n) is 6.31. The van der Waals surface area contributed by atoms with Gasteiger partial charge in [-0.1, -0.05) is 11.6 Å². The van der Waals surface area contributed by atoms with Crippen molar-refractivity contribution >= 4 is 28.8 Å². The summed E-state index contributed by atoms with van der Waals surface area (Å²) in [6.45, 7) is 0. The van der Waals surface area contributed by atoms with Gasteiger partial charge in [-0.3, -0.25) is 4.40 Å². The Morgan fingerprint density at radius 3 is 2.84 bits per heavy atom. The number of nitrogens with one attached hydrogen (secondary N) is 1. The van der Waals surface area contributed by atoms with Crippen molar-refractivity contribution in [2.75, 3.05) is 5.32 Å². The zero-order chi connectivity index (χ0) is 17.0. The van der Waals surface area contributed by atoms with Crippen LogP contribution in [0, 0.1) is 0 Å². The molecule has 1 aliphatic carbocycles. The first kappa shape index (κ1) is 14.6. The van der Waals surface area contributed by atoms with Gasteiger partial charge in [0.1, 0.15) is 5.15 Å². The highest BCUT2D eigenvalue weighted by atomic mass is 35.5. The summed E-state index contributed by atoms with van der Waals surface area (Å²) in [4.78, 5) is 12.9. The maximum absolute atomic E-state index is 6.14. The first-order valence-corrected chi connectivity index (χ1v) is 8.40. The summed E-state index contributed by atoms with van der Waals surface area (Å²) in [6.07, 6.45) is 10.9. The minimum absolute atomic E-state index is 0.289. The highest BCUT2D eigenvalue weighted by Crippen LogP contribution is 2.26. The molecule has 0 radical (unpaired) electrons. The van der Waals surface area contributed by atoms with Crippen LogP contribution in [0.25, 0.3) is 22.4 Å². The van der Waals surface area contributed by atoms with Crippen LogP contribution in [0.2, 0.25) is 5.15 Å². The maximum Gasteiger partial charge on any atom is 0.241 e. The highest BCUT2D eigenvalue weighted by molar-refractivity contribution is 6.29. The highest BCUT2D eigenvalue weighted by Gasteiger charge is 2.26. The Morgan fingerprint density at radius 2 is 2.00 bits per heavy atom. The lowest BCUT2D eigenvalue weighted by Gasteiger charge is -2.32. The Balaban J connectivity index is 1.51. The molecule has 25 heavy (non-hydrogen) atoms. The molecule has 0 aliphatic heterocycles. The van der Waals surface area contributed by atoms with E-state index in [9.17, 15) is 0 Å². The van der Waals surface area contributed by atoms with Gasteiger partial charge in [-0.15, -0.1) is 5.10 Å². The number of aromatic nitrogens is 6. The zero-order valence-corrected chi connectivity index (χ0v) is 13.9. The molecule has 0 amide bonds. The lowest BCUT2D eigenvalue weighted by Crippen LogP contribution is -2.44. The smallest absolute Gasteiger partial charge is 0.241 e. The summed E-state index contributed by atoms with van der Waals surface area (Å²) in [6, 6.07) is 2.63. The lowest BCUT2D eigenvalue weighted by molar-refractivity contribution is 0.371. The summed E-state index contributed by atoms with van der Waals surface area (Å²) in [5.74, 6) is 1.18. The molecule has 0 atom stereocenters. The molecule has 1 aliphatic rings. The van der Waals surface area contributed by atoms with E-state index in [0.717, 1.165) is 29.5 Å². The molecule has 5 rings (SSSR count). The second kappa shape index (κ2) is 5.40. The fourth-order valence-corrected chi connectivity index (χ4v) is 3.33. The molecule has 4 heterocycles. The van der Waals surface area contributed by atoms with Gasteiger partial charge < -0.3 is 11.1 Å². The van der Waals surface area contributed by atoms with E-state index in [4.69, 9.17) is 17.3 Å². The number of nitrogens with two attached hydrogens (primary N) is 1. The minimum atomic E-state index is 0.289. The predicted octanol–water partition coefficient (Wildman–Crippen LogP) is 1.99. The molecule has 9 heteroatoms. The molecule has 4 aromatic rings. The van der Waals surface area contributed by atoms with Crippen LogP contribution < -0.4 is 11.1 Å². The minimum Gasteiger partial charge on any atom is -0.350 e. The second-order valence-corrected chi connectivity index (χ2v) is 6.69. The van der Waals surface area contributed by atoms with E-state index in [2.05, 4.69) is 25.4 Å². The maximum atomic E-state index is 6.14. The van der Waals surface area contributed by atoms with E-state index in [1.807, 2.05) is 29.2 Å². The average Bonchev–Trinajstić information content (AvgIpc) is 3.17. The van der Waals surface area contributed by atoms with Gasteiger partial charge in [-0.25, -0.2) is 19.5 Å². The fourth-order valence-electron chi connectivity index (χ4n) is 3.16. The standard InChI is InChI=1S/C16H15ClN8/c17-14-7-21-16-20-5-9(8-24(14)16)12-1-2-25-13(12)6-19-15(23-25)22-11-3-10(18)4-11/h1-2,5-8,10-11H,3-4,18H2,(H,22,23)/t10-,11+. The lowest BCUT2D eigenvalue weighted by atomic mass is 9.88. The first-order valence-electron chi connectivity index (χ1n) is 8.03. The topological polar surface area (TPSA) is 98.4 Å². The van der Waals surface area contributed by atoms with Crippen molar-refractivity contribution in [3.63, 3.8) is 0 Å². The third kappa shape index (κ3) is 2.41. The molecule has 3 N–H and O–H groups in total. The number of hydrogen-bond donors (Lipinski definition) is 2. The summed E-state index contributed by atoms with van der Waals surface area (Å²) in [5, 5.41) is 8.36. The van der Waals surface area contributed by atoms with Crippen molar-refractivity contribution in [2.24, 2.45) is 5.73 Å². The molecule has 1 saturated carbocycles. The van der Waals surface area contributed by atoms with Crippen LogP contribution in [0.5, 0.6) is 0 Å². The molecular weight excluding hydrogens is 340 g/mol. The van der Waals surface area contributed by atoms with Crippen molar-refractivity contribution in [3.05, 3.63) is 42.2 Å². The number of hydrogen-bond acceptors (Lipinski definition) is 6. The van der Waals surface area contributed by atoms with Gasteiger partial charge in [0.15, 0.2) is 0 Å². The number of imidazole rings is 1. The molecule has 0 aromatic carbocycles. The SMILES string of the molecule is N[C@H]1C[C@@H](Nc2ncc3c(-c4cnc5ncc(Cl)n5c4)ccn3n2)C1. The third-order valence-electron chi connectivity index (χ3n) is 4.55. The van der Waals surface area contributed by atoms with Crippen molar-refractivity contribution in [3.8, 4) is 11.1 Å². The van der Waals surface area contributed by atoms with Crippen LogP contribution in [0.4, 0.5) is 5.95 Å². The van der Waals surface area contributed by atoms with Gasteiger partial charge >= 0.3 is 0 Å². The summed E-state index contributed by atoms with van der Waals surface area (Å²) < 4.78 is 3.56. The molecule has 8 nitrogen and oxygen atoms in total. The first-order chi connectivity index (χ1) is 12.2. The van der Waals surface area contributed by atoms with Gasteiger partial charge in [-0.05, 0) is 18.9 Å². The molecule has 0 saturated heterocycles. The molecule has 0 bridgehead atoms. The van der Waals surface area contributed by atoms with Gasteiger partial charge in [0, 0.05) is 41.8 Å². The van der Waals surface area contributed by atoms with Gasteiger partial charge in [0.05, 0.1) is 17.9 Å². The van der Waals surface area contributed by atoms with Crippen molar-refractivity contribution < 1.29 is 0 Å². The van der Waals surface area contributed by atoms with Crippen LogP contribution in [0.3, 0.4) is 0 Å². The van der Waals surface area contributed by atoms with E-state index in [1.165, 1.54) is 0 Å². The molecular formula is C16H15ClN8. The van der Waals surface area contributed by atoms with E-state index < -0.39 is 0 Å². The number of nitrogens with zero attached hydrogens (tertiary/aromatic N) is 6. The van der Waals surface area contributed by atoms with E-state index >= 15 is 0 Å². The van der Waals surface area contributed by atoms with Gasteiger partial charge in [0.25, 0.3) is 0 Å². The van der Waals surface area contributed by atoms with Gasteiger partial charge in [0.2, 0.25) is 11.7 Å². The largest absolute Gasteiger partial charge is 0.350 e. The summed E-state index contributed by atoms with van der Waals surface area (Å²) in [7, 11) is 0. The average molecular weight is 355 g/mol. The summed E-state index contributed by atoms with van der Waals surface area (Å²) in [5.41, 5.74) is 8.62. The number of rotatable bonds is 3. The number of anilines is 1. The summed E-state index contributed by atoms with van der Waals surface area (Å²) >= 11 is 6.14.